The van der Waals surface area contributed by atoms with Crippen molar-refractivity contribution in [2.24, 2.45) is 12.1 Å². The van der Waals surface area contributed by atoms with Gasteiger partial charge in [-0.25, -0.2) is 10.1 Å². The summed E-state index contributed by atoms with van der Waals surface area (Å²) in [4.78, 5) is 12.1. The molecule has 1 aromatic carbocycles. The van der Waals surface area contributed by atoms with Crippen LogP contribution >= 0.6 is 0 Å². The summed E-state index contributed by atoms with van der Waals surface area (Å²) in [6, 6.07) is 9.00. The summed E-state index contributed by atoms with van der Waals surface area (Å²) >= 11 is 0. The van der Waals surface area contributed by atoms with Gasteiger partial charge < -0.3 is 9.15 Å². The van der Waals surface area contributed by atoms with Gasteiger partial charge in [-0.05, 0) is 50.1 Å². The van der Waals surface area contributed by atoms with E-state index < -0.39 is 11.9 Å². The van der Waals surface area contributed by atoms with Crippen LogP contribution in [-0.4, -0.2) is 21.9 Å². The summed E-state index contributed by atoms with van der Waals surface area (Å²) in [5.74, 6) is 0.278. The molecule has 0 saturated heterocycles. The van der Waals surface area contributed by atoms with Crippen molar-refractivity contribution in [3.05, 3.63) is 70.2 Å². The lowest BCUT2D eigenvalue weighted by Crippen LogP contribution is -2.17. The third-order valence-electron chi connectivity index (χ3n) is 4.37. The van der Waals surface area contributed by atoms with Crippen LogP contribution < -0.4 is 10.2 Å². The summed E-state index contributed by atoms with van der Waals surface area (Å²) in [6.45, 7) is 5.84. The Balaban J connectivity index is 1.59. The van der Waals surface area contributed by atoms with E-state index in [9.17, 15) is 9.18 Å². The summed E-state index contributed by atoms with van der Waals surface area (Å²) in [6.07, 6.45) is 1.21. The molecule has 0 aliphatic rings. The lowest BCUT2D eigenvalue weighted by molar-refractivity contribution is 0.0923. The maximum absolute atomic E-state index is 13.8. The fourth-order valence-corrected chi connectivity index (χ4v) is 2.61. The third-order valence-corrected chi connectivity index (χ3v) is 4.37. The zero-order valence-corrected chi connectivity index (χ0v) is 16.1. The molecule has 0 aliphatic carbocycles. The number of hydrogen-bond donors (Lipinski definition) is 1. The lowest BCUT2D eigenvalue weighted by atomic mass is 10.1. The lowest BCUT2D eigenvalue weighted by Gasteiger charge is -2.09. The van der Waals surface area contributed by atoms with E-state index >= 15 is 0 Å². The van der Waals surface area contributed by atoms with Crippen LogP contribution in [0, 0.1) is 26.7 Å². The van der Waals surface area contributed by atoms with Gasteiger partial charge in [-0.15, -0.1) is 0 Å². The highest BCUT2D eigenvalue weighted by Gasteiger charge is 2.13. The second kappa shape index (κ2) is 8.08. The zero-order chi connectivity index (χ0) is 20.3. The molecule has 7 nitrogen and oxygen atoms in total. The molecule has 0 radical (unpaired) electrons. The van der Waals surface area contributed by atoms with E-state index in [1.807, 2.05) is 32.0 Å². The van der Waals surface area contributed by atoms with E-state index in [4.69, 9.17) is 9.15 Å². The number of nitrogens with zero attached hydrogens (tertiary/aromatic N) is 3. The predicted octanol–water partition coefficient (Wildman–Crippen LogP) is 3.42. The van der Waals surface area contributed by atoms with Crippen LogP contribution in [-0.2, 0) is 13.7 Å². The smallest absolute Gasteiger partial charge is 0.307 e. The Morgan fingerprint density at radius 1 is 1.32 bits per heavy atom. The standard InChI is InChI=1S/C20H21FN4O3/c1-12-6-5-7-17(13(12)2)27-11-15-8-9-18(28-15)20(26)23-22-10-16-14(3)24-25(4)19(16)21/h5-10H,11H2,1-4H3,(H,23,26). The van der Waals surface area contributed by atoms with Gasteiger partial charge in [-0.2, -0.15) is 14.6 Å². The maximum Gasteiger partial charge on any atom is 0.307 e. The van der Waals surface area contributed by atoms with Gasteiger partial charge in [-0.3, -0.25) is 4.79 Å². The van der Waals surface area contributed by atoms with Gasteiger partial charge in [0.2, 0.25) is 5.95 Å². The fraction of sp³-hybridized carbons (Fsp3) is 0.250. The van der Waals surface area contributed by atoms with Crippen LogP contribution in [0.15, 0.2) is 39.9 Å². The normalized spacial score (nSPS) is 11.2. The van der Waals surface area contributed by atoms with Crippen LogP contribution in [0.5, 0.6) is 5.75 Å². The summed E-state index contributed by atoms with van der Waals surface area (Å²) in [5.41, 5.74) is 5.18. The minimum Gasteiger partial charge on any atom is -0.485 e. The molecule has 0 aliphatic heterocycles. The number of halogens is 1. The van der Waals surface area contributed by atoms with E-state index in [2.05, 4.69) is 15.6 Å². The molecule has 2 aromatic heterocycles. The number of nitrogens with one attached hydrogen (secondary N) is 1. The van der Waals surface area contributed by atoms with E-state index in [1.165, 1.54) is 19.3 Å². The Hall–Kier alpha value is -3.42. The van der Waals surface area contributed by atoms with Crippen molar-refractivity contribution < 1.29 is 18.3 Å². The summed E-state index contributed by atoms with van der Waals surface area (Å²) in [7, 11) is 1.49. The van der Waals surface area contributed by atoms with E-state index in [1.54, 1.807) is 13.0 Å². The Labute approximate surface area is 161 Å². The van der Waals surface area contributed by atoms with Crippen LogP contribution in [0.4, 0.5) is 4.39 Å². The fourth-order valence-electron chi connectivity index (χ4n) is 2.61. The van der Waals surface area contributed by atoms with Crippen molar-refractivity contribution in [2.75, 3.05) is 0 Å². The monoisotopic (exact) mass is 384 g/mol. The van der Waals surface area contributed by atoms with E-state index in [0.717, 1.165) is 21.6 Å². The van der Waals surface area contributed by atoms with Crippen LogP contribution in [0.25, 0.3) is 0 Å². The molecule has 8 heteroatoms. The summed E-state index contributed by atoms with van der Waals surface area (Å²) < 4.78 is 26.2. The Morgan fingerprint density at radius 2 is 2.11 bits per heavy atom. The van der Waals surface area contributed by atoms with Crippen LogP contribution in [0.2, 0.25) is 0 Å². The first-order valence-corrected chi connectivity index (χ1v) is 8.67. The number of hydrazone groups is 1. The highest BCUT2D eigenvalue weighted by molar-refractivity contribution is 5.92. The quantitative estimate of drug-likeness (QED) is 0.522. The molecule has 0 fully saturated rings. The van der Waals surface area contributed by atoms with Crippen molar-refractivity contribution in [2.45, 2.75) is 27.4 Å². The van der Waals surface area contributed by atoms with Crippen molar-refractivity contribution >= 4 is 12.1 Å². The minimum atomic E-state index is -0.545. The molecule has 2 heterocycles. The van der Waals surface area contributed by atoms with E-state index in [0.29, 0.717) is 11.5 Å². The Kier molecular flexibility index (Phi) is 5.58. The molecule has 3 aromatic rings. The van der Waals surface area contributed by atoms with Crippen molar-refractivity contribution in [3.63, 3.8) is 0 Å². The first kappa shape index (κ1) is 19.3. The molecule has 1 N–H and O–H groups in total. The molecule has 0 bridgehead atoms. The number of benzene rings is 1. The second-order valence-corrected chi connectivity index (χ2v) is 6.37. The maximum atomic E-state index is 13.8. The number of aromatic nitrogens is 2. The Morgan fingerprint density at radius 3 is 2.82 bits per heavy atom. The molecule has 0 atom stereocenters. The van der Waals surface area contributed by atoms with Crippen molar-refractivity contribution in [3.8, 4) is 5.75 Å². The Bertz CT molecular complexity index is 1040. The van der Waals surface area contributed by atoms with Gasteiger partial charge in [0.05, 0.1) is 17.5 Å². The van der Waals surface area contributed by atoms with Crippen LogP contribution in [0.3, 0.4) is 0 Å². The number of rotatable bonds is 6. The molecule has 3 rings (SSSR count). The molecule has 0 unspecified atom stereocenters. The van der Waals surface area contributed by atoms with Crippen LogP contribution in [0.1, 0.15) is 38.7 Å². The van der Waals surface area contributed by atoms with Gasteiger partial charge in [0.1, 0.15) is 18.1 Å². The summed E-state index contributed by atoms with van der Waals surface area (Å²) in [5, 5.41) is 7.70. The third kappa shape index (κ3) is 4.11. The highest BCUT2D eigenvalue weighted by Crippen LogP contribution is 2.22. The largest absolute Gasteiger partial charge is 0.485 e. The molecule has 0 spiro atoms. The first-order chi connectivity index (χ1) is 13.4. The second-order valence-electron chi connectivity index (χ2n) is 6.37. The van der Waals surface area contributed by atoms with E-state index in [-0.39, 0.29) is 17.9 Å². The average molecular weight is 384 g/mol. The van der Waals surface area contributed by atoms with Gasteiger partial charge in [0.25, 0.3) is 0 Å². The molecule has 28 heavy (non-hydrogen) atoms. The van der Waals surface area contributed by atoms with Gasteiger partial charge >= 0.3 is 5.91 Å². The molecule has 1 amide bonds. The number of amides is 1. The van der Waals surface area contributed by atoms with Gasteiger partial charge in [-0.1, -0.05) is 12.1 Å². The highest BCUT2D eigenvalue weighted by atomic mass is 19.1. The molecular formula is C20H21FN4O3. The van der Waals surface area contributed by atoms with Gasteiger partial charge in [0.15, 0.2) is 5.76 Å². The first-order valence-electron chi connectivity index (χ1n) is 8.67. The number of carbonyl (C=O) groups excluding carboxylic acids is 1. The minimum absolute atomic E-state index is 0.0834. The average Bonchev–Trinajstić information content (AvgIpc) is 3.23. The molecule has 0 saturated carbocycles. The number of ether oxygens (including phenoxy) is 1. The molecule has 146 valence electrons. The molecular weight excluding hydrogens is 363 g/mol. The number of aryl methyl sites for hydroxylation is 3. The number of carbonyl (C=O) groups is 1. The topological polar surface area (TPSA) is 81.6 Å². The zero-order valence-electron chi connectivity index (χ0n) is 16.1. The SMILES string of the molecule is Cc1cccc(OCc2ccc(C(=O)NN=Cc3c(C)nn(C)c3F)o2)c1C. The number of furan rings is 1. The van der Waals surface area contributed by atoms with Gasteiger partial charge in [0, 0.05) is 7.05 Å². The number of hydrogen-bond acceptors (Lipinski definition) is 5. The van der Waals surface area contributed by atoms with Crippen molar-refractivity contribution in [1.29, 1.82) is 0 Å². The van der Waals surface area contributed by atoms with Crippen molar-refractivity contribution in [1.82, 2.24) is 15.2 Å². The predicted molar refractivity (Wildman–Crippen MR) is 102 cm³/mol.